The van der Waals surface area contributed by atoms with Gasteiger partial charge in [0.2, 0.25) is 0 Å². The fourth-order valence-electron chi connectivity index (χ4n) is 3.12. The summed E-state index contributed by atoms with van der Waals surface area (Å²) in [6, 6.07) is 17.7. The Labute approximate surface area is 159 Å². The van der Waals surface area contributed by atoms with Gasteiger partial charge in [-0.3, -0.25) is 4.79 Å². The lowest BCUT2D eigenvalue weighted by molar-refractivity contribution is -0.112. The van der Waals surface area contributed by atoms with Gasteiger partial charge in [-0.1, -0.05) is 48.5 Å². The lowest BCUT2D eigenvalue weighted by Crippen LogP contribution is -2.27. The van der Waals surface area contributed by atoms with Gasteiger partial charge in [0.25, 0.3) is 5.91 Å². The monoisotopic (exact) mass is 365 g/mol. The molecule has 2 aromatic rings. The van der Waals surface area contributed by atoms with E-state index in [9.17, 15) is 4.79 Å². The Kier molecular flexibility index (Phi) is 6.63. The maximum atomic E-state index is 12.6. The summed E-state index contributed by atoms with van der Waals surface area (Å²) >= 11 is 4.15. The maximum Gasteiger partial charge on any atom is 0.274 e. The molecule has 0 radical (unpaired) electrons. The number of hydrogen-bond acceptors (Lipinski definition) is 4. The average molecular weight is 366 g/mol. The highest BCUT2D eigenvalue weighted by atomic mass is 32.1. The van der Waals surface area contributed by atoms with Crippen LogP contribution in [0.5, 0.6) is 0 Å². The van der Waals surface area contributed by atoms with Crippen LogP contribution in [0.25, 0.3) is 0 Å². The summed E-state index contributed by atoms with van der Waals surface area (Å²) in [5.74, 6) is 0.206. The van der Waals surface area contributed by atoms with Crippen LogP contribution in [-0.2, 0) is 4.79 Å². The van der Waals surface area contributed by atoms with E-state index in [0.29, 0.717) is 5.92 Å². The van der Waals surface area contributed by atoms with Crippen molar-refractivity contribution in [1.82, 2.24) is 5.32 Å². The molecule has 1 saturated heterocycles. The van der Waals surface area contributed by atoms with Gasteiger partial charge in [0.1, 0.15) is 5.70 Å². The van der Waals surface area contributed by atoms with Gasteiger partial charge < -0.3 is 10.6 Å². The SMILES string of the molecule is O=C(Nc1ccccc1C1CCNCC1)/C(=C/S)N=Cc1ccccc1. The number of thiol groups is 1. The van der Waals surface area contributed by atoms with Crippen molar-refractivity contribution in [3.63, 3.8) is 0 Å². The summed E-state index contributed by atoms with van der Waals surface area (Å²) in [5, 5.41) is 7.82. The second-order valence-electron chi connectivity index (χ2n) is 6.25. The number of hydrogen-bond donors (Lipinski definition) is 3. The van der Waals surface area contributed by atoms with Crippen molar-refractivity contribution in [2.75, 3.05) is 18.4 Å². The van der Waals surface area contributed by atoms with E-state index in [4.69, 9.17) is 0 Å². The Morgan fingerprint density at radius 3 is 2.50 bits per heavy atom. The normalized spacial score (nSPS) is 16.0. The number of piperidine rings is 1. The Hall–Kier alpha value is -2.37. The summed E-state index contributed by atoms with van der Waals surface area (Å²) in [6.45, 7) is 2.02. The second-order valence-corrected chi connectivity index (χ2v) is 6.51. The molecule has 0 aliphatic carbocycles. The third kappa shape index (κ3) is 4.84. The molecule has 4 nitrogen and oxygen atoms in total. The number of nitrogens with one attached hydrogen (secondary N) is 2. The highest BCUT2D eigenvalue weighted by molar-refractivity contribution is 7.83. The van der Waals surface area contributed by atoms with E-state index in [0.717, 1.165) is 37.2 Å². The summed E-state index contributed by atoms with van der Waals surface area (Å²) in [7, 11) is 0. The van der Waals surface area contributed by atoms with E-state index in [1.807, 2.05) is 48.5 Å². The molecule has 0 aromatic heterocycles. The van der Waals surface area contributed by atoms with E-state index in [-0.39, 0.29) is 11.6 Å². The van der Waals surface area contributed by atoms with Crippen LogP contribution < -0.4 is 10.6 Å². The number of carbonyl (C=O) groups is 1. The summed E-state index contributed by atoms with van der Waals surface area (Å²) in [5.41, 5.74) is 3.25. The first-order valence-corrected chi connectivity index (χ1v) is 9.34. The number of anilines is 1. The summed E-state index contributed by atoms with van der Waals surface area (Å²) in [4.78, 5) is 16.9. The predicted molar refractivity (Wildman–Crippen MR) is 111 cm³/mol. The third-order valence-corrected chi connectivity index (χ3v) is 4.74. The quantitative estimate of drug-likeness (QED) is 0.426. The van der Waals surface area contributed by atoms with Crippen LogP contribution in [0.1, 0.15) is 29.9 Å². The zero-order valence-corrected chi connectivity index (χ0v) is 15.5. The fraction of sp³-hybridized carbons (Fsp3) is 0.238. The molecule has 0 saturated carbocycles. The summed E-state index contributed by atoms with van der Waals surface area (Å²) < 4.78 is 0. The number of amides is 1. The minimum atomic E-state index is -0.256. The second kappa shape index (κ2) is 9.36. The molecular weight excluding hydrogens is 342 g/mol. The van der Waals surface area contributed by atoms with Gasteiger partial charge in [-0.25, -0.2) is 4.99 Å². The van der Waals surface area contributed by atoms with Gasteiger partial charge in [0.05, 0.1) is 0 Å². The van der Waals surface area contributed by atoms with Gasteiger partial charge in [-0.05, 0) is 54.5 Å². The van der Waals surface area contributed by atoms with E-state index in [1.165, 1.54) is 11.0 Å². The molecule has 0 spiro atoms. The molecule has 1 amide bonds. The lowest BCUT2D eigenvalue weighted by atomic mass is 9.89. The molecule has 1 heterocycles. The van der Waals surface area contributed by atoms with Crippen LogP contribution in [0.4, 0.5) is 5.69 Å². The maximum absolute atomic E-state index is 12.6. The fourth-order valence-corrected chi connectivity index (χ4v) is 3.30. The van der Waals surface area contributed by atoms with E-state index in [2.05, 4.69) is 34.3 Å². The molecule has 1 aliphatic rings. The lowest BCUT2D eigenvalue weighted by Gasteiger charge is -2.25. The number of rotatable bonds is 5. The zero-order chi connectivity index (χ0) is 18.2. The molecule has 0 unspecified atom stereocenters. The van der Waals surface area contributed by atoms with Gasteiger partial charge in [0.15, 0.2) is 0 Å². The number of benzene rings is 2. The van der Waals surface area contributed by atoms with Crippen molar-refractivity contribution >= 4 is 30.4 Å². The standard InChI is InChI=1S/C21H23N3OS/c25-21(20(15-26)23-14-16-6-2-1-3-7-16)24-19-9-5-4-8-18(19)17-10-12-22-13-11-17/h1-9,14-15,17,22,26H,10-13H2,(H,24,25)/b20-15-,23-14?. The molecule has 1 aliphatic heterocycles. The molecule has 134 valence electrons. The first-order valence-electron chi connectivity index (χ1n) is 8.82. The number of aliphatic imine (C=N–C) groups is 1. The Bertz CT molecular complexity index is 796. The molecule has 1 fully saturated rings. The molecule has 0 atom stereocenters. The van der Waals surface area contributed by atoms with Crippen LogP contribution in [0.2, 0.25) is 0 Å². The van der Waals surface area contributed by atoms with Crippen LogP contribution >= 0.6 is 12.6 Å². The third-order valence-electron chi connectivity index (χ3n) is 4.50. The molecule has 2 aromatic carbocycles. The van der Waals surface area contributed by atoms with E-state index >= 15 is 0 Å². The molecule has 2 N–H and O–H groups in total. The average Bonchev–Trinajstić information content (AvgIpc) is 2.70. The van der Waals surface area contributed by atoms with E-state index < -0.39 is 0 Å². The van der Waals surface area contributed by atoms with Crippen LogP contribution in [0.15, 0.2) is 70.7 Å². The van der Waals surface area contributed by atoms with Crippen LogP contribution in [0.3, 0.4) is 0 Å². The van der Waals surface area contributed by atoms with Gasteiger partial charge in [-0.15, -0.1) is 12.6 Å². The topological polar surface area (TPSA) is 53.5 Å². The van der Waals surface area contributed by atoms with Crippen LogP contribution in [-0.4, -0.2) is 25.2 Å². The minimum Gasteiger partial charge on any atom is -0.320 e. The van der Waals surface area contributed by atoms with Gasteiger partial charge >= 0.3 is 0 Å². The molecule has 0 bridgehead atoms. The minimum absolute atomic E-state index is 0.256. The van der Waals surface area contributed by atoms with Gasteiger partial charge in [0, 0.05) is 11.9 Å². The van der Waals surface area contributed by atoms with Crippen molar-refractivity contribution < 1.29 is 4.79 Å². The molecule has 5 heteroatoms. The van der Waals surface area contributed by atoms with Crippen molar-refractivity contribution in [2.45, 2.75) is 18.8 Å². The number of nitrogens with zero attached hydrogens (tertiary/aromatic N) is 1. The number of para-hydroxylation sites is 1. The molecular formula is C21H23N3OS. The molecule has 26 heavy (non-hydrogen) atoms. The number of carbonyl (C=O) groups excluding carboxylic acids is 1. The van der Waals surface area contributed by atoms with Gasteiger partial charge in [-0.2, -0.15) is 0 Å². The van der Waals surface area contributed by atoms with Crippen molar-refractivity contribution in [1.29, 1.82) is 0 Å². The summed E-state index contributed by atoms with van der Waals surface area (Å²) in [6.07, 6.45) is 3.82. The Balaban J connectivity index is 1.73. The van der Waals surface area contributed by atoms with Crippen molar-refractivity contribution in [3.05, 3.63) is 76.8 Å². The van der Waals surface area contributed by atoms with E-state index in [1.54, 1.807) is 6.21 Å². The Morgan fingerprint density at radius 2 is 1.77 bits per heavy atom. The zero-order valence-electron chi connectivity index (χ0n) is 14.6. The highest BCUT2D eigenvalue weighted by Crippen LogP contribution is 2.31. The largest absolute Gasteiger partial charge is 0.320 e. The van der Waals surface area contributed by atoms with Crippen LogP contribution in [0, 0.1) is 0 Å². The smallest absolute Gasteiger partial charge is 0.274 e. The van der Waals surface area contributed by atoms with Crippen molar-refractivity contribution in [2.24, 2.45) is 4.99 Å². The predicted octanol–water partition coefficient (Wildman–Crippen LogP) is 3.98. The first-order chi connectivity index (χ1) is 12.8. The Morgan fingerprint density at radius 1 is 1.08 bits per heavy atom. The first kappa shape index (κ1) is 18.4. The van der Waals surface area contributed by atoms with Crippen molar-refractivity contribution in [3.8, 4) is 0 Å². The highest BCUT2D eigenvalue weighted by Gasteiger charge is 2.19. The molecule has 3 rings (SSSR count).